The van der Waals surface area contributed by atoms with E-state index in [2.05, 4.69) is 20.8 Å². The molecule has 0 aliphatic carbocycles. The van der Waals surface area contributed by atoms with Gasteiger partial charge in [-0.05, 0) is 43.3 Å². The third-order valence-corrected chi connectivity index (χ3v) is 4.16. The fraction of sp³-hybridized carbons (Fsp3) is 0.0952. The standard InChI is InChI=1S/C21H18N4O2/c1-14(19-13-15-7-5-6-10-18(15)27-19)22-20-12-11-17(24-25-20)21(26)23-16-8-3-2-4-9-16/h2-14H,1H3,(H,22,25)(H,23,26)/t14-/m1/s1. The molecule has 0 fully saturated rings. The van der Waals surface area contributed by atoms with Crippen LogP contribution in [0.5, 0.6) is 0 Å². The summed E-state index contributed by atoms with van der Waals surface area (Å²) in [6.45, 7) is 1.98. The molecule has 6 heteroatoms. The molecule has 2 heterocycles. The molecular weight excluding hydrogens is 340 g/mol. The van der Waals surface area contributed by atoms with Gasteiger partial charge in [0.05, 0.1) is 6.04 Å². The van der Waals surface area contributed by atoms with Crippen molar-refractivity contribution in [2.45, 2.75) is 13.0 Å². The molecule has 1 amide bonds. The number of hydrogen-bond acceptors (Lipinski definition) is 5. The molecule has 0 aliphatic heterocycles. The maximum absolute atomic E-state index is 12.2. The summed E-state index contributed by atoms with van der Waals surface area (Å²) < 4.78 is 5.86. The smallest absolute Gasteiger partial charge is 0.276 e. The number of furan rings is 1. The lowest BCUT2D eigenvalue weighted by atomic mass is 10.2. The Morgan fingerprint density at radius 2 is 1.74 bits per heavy atom. The first-order valence-corrected chi connectivity index (χ1v) is 8.64. The Morgan fingerprint density at radius 3 is 2.48 bits per heavy atom. The highest BCUT2D eigenvalue weighted by atomic mass is 16.3. The van der Waals surface area contributed by atoms with Gasteiger partial charge in [-0.3, -0.25) is 4.79 Å². The van der Waals surface area contributed by atoms with Crippen molar-refractivity contribution in [1.82, 2.24) is 10.2 Å². The summed E-state index contributed by atoms with van der Waals surface area (Å²) in [5.41, 5.74) is 1.81. The average Bonchev–Trinajstić information content (AvgIpc) is 3.14. The van der Waals surface area contributed by atoms with Crippen LogP contribution in [0.1, 0.15) is 29.2 Å². The summed E-state index contributed by atoms with van der Waals surface area (Å²) in [5.74, 6) is 1.08. The van der Waals surface area contributed by atoms with Crippen LogP contribution in [-0.2, 0) is 0 Å². The zero-order valence-electron chi connectivity index (χ0n) is 14.7. The summed E-state index contributed by atoms with van der Waals surface area (Å²) in [4.78, 5) is 12.2. The van der Waals surface area contributed by atoms with Gasteiger partial charge in [0.15, 0.2) is 5.69 Å². The van der Waals surface area contributed by atoms with E-state index in [0.29, 0.717) is 11.5 Å². The number of rotatable bonds is 5. The highest BCUT2D eigenvalue weighted by molar-refractivity contribution is 6.02. The topological polar surface area (TPSA) is 80.0 Å². The van der Waals surface area contributed by atoms with Crippen LogP contribution in [0.15, 0.2) is 77.2 Å². The second-order valence-electron chi connectivity index (χ2n) is 6.18. The lowest BCUT2D eigenvalue weighted by Crippen LogP contribution is -2.15. The number of para-hydroxylation sites is 2. The number of anilines is 2. The van der Waals surface area contributed by atoms with Crippen LogP contribution in [0, 0.1) is 0 Å². The van der Waals surface area contributed by atoms with Crippen LogP contribution in [0.25, 0.3) is 11.0 Å². The van der Waals surface area contributed by atoms with E-state index >= 15 is 0 Å². The molecule has 2 N–H and O–H groups in total. The van der Waals surface area contributed by atoms with Crippen molar-refractivity contribution in [3.8, 4) is 0 Å². The number of fused-ring (bicyclic) bond motifs is 1. The average molecular weight is 358 g/mol. The molecular formula is C21H18N4O2. The number of aromatic nitrogens is 2. The summed E-state index contributed by atoms with van der Waals surface area (Å²) >= 11 is 0. The van der Waals surface area contributed by atoms with Gasteiger partial charge >= 0.3 is 0 Å². The van der Waals surface area contributed by atoms with E-state index in [9.17, 15) is 4.79 Å². The van der Waals surface area contributed by atoms with Crippen LogP contribution in [0.2, 0.25) is 0 Å². The van der Waals surface area contributed by atoms with E-state index in [-0.39, 0.29) is 17.6 Å². The molecule has 0 saturated heterocycles. The number of hydrogen-bond donors (Lipinski definition) is 2. The zero-order chi connectivity index (χ0) is 18.6. The minimum atomic E-state index is -0.300. The lowest BCUT2D eigenvalue weighted by Gasteiger charge is -2.11. The minimum Gasteiger partial charge on any atom is -0.459 e. The Hall–Kier alpha value is -3.67. The van der Waals surface area contributed by atoms with Crippen molar-refractivity contribution in [3.05, 3.63) is 84.3 Å². The number of nitrogens with zero attached hydrogens (tertiary/aromatic N) is 2. The number of nitrogens with one attached hydrogen (secondary N) is 2. The maximum atomic E-state index is 12.2. The molecule has 4 aromatic rings. The quantitative estimate of drug-likeness (QED) is 0.543. The second kappa shape index (κ2) is 7.29. The largest absolute Gasteiger partial charge is 0.459 e. The first-order valence-electron chi connectivity index (χ1n) is 8.64. The molecule has 2 aromatic carbocycles. The van der Waals surface area contributed by atoms with Gasteiger partial charge in [0.2, 0.25) is 0 Å². The number of carbonyl (C=O) groups excluding carboxylic acids is 1. The van der Waals surface area contributed by atoms with Crippen LogP contribution in [-0.4, -0.2) is 16.1 Å². The van der Waals surface area contributed by atoms with Crippen molar-refractivity contribution < 1.29 is 9.21 Å². The van der Waals surface area contributed by atoms with Crippen LogP contribution < -0.4 is 10.6 Å². The van der Waals surface area contributed by atoms with Gasteiger partial charge in [0, 0.05) is 11.1 Å². The van der Waals surface area contributed by atoms with Gasteiger partial charge in [-0.1, -0.05) is 36.4 Å². The van der Waals surface area contributed by atoms with Crippen molar-refractivity contribution in [2.75, 3.05) is 10.6 Å². The molecule has 0 spiro atoms. The monoisotopic (exact) mass is 358 g/mol. The van der Waals surface area contributed by atoms with E-state index in [1.54, 1.807) is 12.1 Å². The summed E-state index contributed by atoms with van der Waals surface area (Å²) in [6, 6.07) is 22.4. The lowest BCUT2D eigenvalue weighted by molar-refractivity contribution is 0.102. The summed E-state index contributed by atoms with van der Waals surface area (Å²) in [5, 5.41) is 15.2. The molecule has 27 heavy (non-hydrogen) atoms. The van der Waals surface area contributed by atoms with Gasteiger partial charge in [-0.15, -0.1) is 10.2 Å². The number of amides is 1. The Bertz CT molecular complexity index is 1030. The fourth-order valence-corrected chi connectivity index (χ4v) is 2.76. The Balaban J connectivity index is 1.43. The minimum absolute atomic E-state index is 0.0873. The SMILES string of the molecule is C[C@@H](Nc1ccc(C(=O)Nc2ccccc2)nn1)c1cc2ccccc2o1. The third-order valence-electron chi connectivity index (χ3n) is 4.16. The van der Waals surface area contributed by atoms with E-state index in [1.807, 2.05) is 67.6 Å². The van der Waals surface area contributed by atoms with Gasteiger partial charge in [0.1, 0.15) is 17.2 Å². The molecule has 0 bridgehead atoms. The van der Waals surface area contributed by atoms with Crippen LogP contribution >= 0.6 is 0 Å². The van der Waals surface area contributed by atoms with Gasteiger partial charge < -0.3 is 15.1 Å². The van der Waals surface area contributed by atoms with E-state index in [0.717, 1.165) is 16.7 Å². The van der Waals surface area contributed by atoms with Crippen molar-refractivity contribution >= 4 is 28.4 Å². The Kier molecular flexibility index (Phi) is 4.53. The summed E-state index contributed by atoms with van der Waals surface area (Å²) in [7, 11) is 0. The maximum Gasteiger partial charge on any atom is 0.276 e. The molecule has 1 atom stereocenters. The van der Waals surface area contributed by atoms with E-state index in [1.165, 1.54) is 0 Å². The first kappa shape index (κ1) is 16.8. The van der Waals surface area contributed by atoms with Crippen LogP contribution in [0.4, 0.5) is 11.5 Å². The Morgan fingerprint density at radius 1 is 0.963 bits per heavy atom. The van der Waals surface area contributed by atoms with Crippen molar-refractivity contribution in [2.24, 2.45) is 0 Å². The van der Waals surface area contributed by atoms with Crippen molar-refractivity contribution in [1.29, 1.82) is 0 Å². The molecule has 0 unspecified atom stereocenters. The molecule has 6 nitrogen and oxygen atoms in total. The first-order chi connectivity index (χ1) is 13.2. The highest BCUT2D eigenvalue weighted by Gasteiger charge is 2.13. The van der Waals surface area contributed by atoms with Gasteiger partial charge in [-0.2, -0.15) is 0 Å². The highest BCUT2D eigenvalue weighted by Crippen LogP contribution is 2.25. The number of carbonyl (C=O) groups is 1. The van der Waals surface area contributed by atoms with Crippen molar-refractivity contribution in [3.63, 3.8) is 0 Å². The van der Waals surface area contributed by atoms with Gasteiger partial charge in [0.25, 0.3) is 5.91 Å². The van der Waals surface area contributed by atoms with Gasteiger partial charge in [-0.25, -0.2) is 0 Å². The van der Waals surface area contributed by atoms with E-state index < -0.39 is 0 Å². The number of benzene rings is 2. The molecule has 134 valence electrons. The van der Waals surface area contributed by atoms with Crippen LogP contribution in [0.3, 0.4) is 0 Å². The second-order valence-corrected chi connectivity index (χ2v) is 6.18. The predicted molar refractivity (Wildman–Crippen MR) is 105 cm³/mol. The predicted octanol–water partition coefficient (Wildman–Crippen LogP) is 4.65. The van der Waals surface area contributed by atoms with E-state index in [4.69, 9.17) is 4.42 Å². The molecule has 0 aliphatic rings. The fourth-order valence-electron chi connectivity index (χ4n) is 2.76. The summed E-state index contributed by atoms with van der Waals surface area (Å²) in [6.07, 6.45) is 0. The normalized spacial score (nSPS) is 11.9. The molecule has 0 saturated carbocycles. The molecule has 0 radical (unpaired) electrons. The molecule has 4 rings (SSSR count). The Labute approximate surface area is 156 Å². The molecule has 2 aromatic heterocycles. The zero-order valence-corrected chi connectivity index (χ0v) is 14.7. The third kappa shape index (κ3) is 3.79.